The molecule has 0 radical (unpaired) electrons. The van der Waals surface area contributed by atoms with E-state index in [1.165, 1.54) is 0 Å². The van der Waals surface area contributed by atoms with E-state index in [0.29, 0.717) is 19.0 Å². The van der Waals surface area contributed by atoms with Gasteiger partial charge in [-0.1, -0.05) is 12.1 Å². The monoisotopic (exact) mass is 259 g/mol. The number of nitrogens with two attached hydrogens (primary N) is 1. The molecule has 0 aliphatic heterocycles. The number of benzene rings is 1. The fourth-order valence-electron chi connectivity index (χ4n) is 1.69. The summed E-state index contributed by atoms with van der Waals surface area (Å²) in [5.74, 6) is 6.76. The van der Waals surface area contributed by atoms with Crippen LogP contribution in [0.15, 0.2) is 42.6 Å². The highest BCUT2D eigenvalue weighted by atomic mass is 16.5. The average Bonchev–Trinajstić information content (AvgIpc) is 2.48. The molecule has 0 aliphatic rings. The minimum absolute atomic E-state index is 0.508. The molecule has 19 heavy (non-hydrogen) atoms. The molecule has 1 aromatic carbocycles. The number of hydrogen-bond donors (Lipinski definition) is 2. The van der Waals surface area contributed by atoms with Gasteiger partial charge < -0.3 is 14.9 Å². The highest BCUT2D eigenvalue weighted by Gasteiger charge is 1.99. The molecule has 5 nitrogen and oxygen atoms in total. The van der Waals surface area contributed by atoms with E-state index in [1.807, 2.05) is 36.4 Å². The van der Waals surface area contributed by atoms with Gasteiger partial charge in [0.1, 0.15) is 11.6 Å². The Kier molecular flexibility index (Phi) is 4.72. The molecule has 100 valence electrons. The molecule has 3 N–H and O–H groups in total. The number of hydrazine groups is 1. The number of nitrogens with zero attached hydrogens (tertiary/aromatic N) is 1. The third-order valence-corrected chi connectivity index (χ3v) is 2.64. The van der Waals surface area contributed by atoms with Gasteiger partial charge in [-0.05, 0) is 35.4 Å². The van der Waals surface area contributed by atoms with E-state index in [9.17, 15) is 0 Å². The summed E-state index contributed by atoms with van der Waals surface area (Å²) < 4.78 is 10.8. The summed E-state index contributed by atoms with van der Waals surface area (Å²) >= 11 is 0. The summed E-state index contributed by atoms with van der Waals surface area (Å²) in [6, 6.07) is 11.6. The fourth-order valence-corrected chi connectivity index (χ4v) is 1.69. The van der Waals surface area contributed by atoms with Crippen molar-refractivity contribution in [1.29, 1.82) is 0 Å². The van der Waals surface area contributed by atoms with Crippen LogP contribution >= 0.6 is 0 Å². The van der Waals surface area contributed by atoms with Crippen molar-refractivity contribution in [2.75, 3.05) is 12.5 Å². The summed E-state index contributed by atoms with van der Waals surface area (Å²) in [7, 11) is 1.65. The number of pyridine rings is 1. The Labute approximate surface area is 112 Å². The van der Waals surface area contributed by atoms with Crippen molar-refractivity contribution in [1.82, 2.24) is 4.98 Å². The molecule has 0 atom stereocenters. The number of hydrogen-bond acceptors (Lipinski definition) is 5. The van der Waals surface area contributed by atoms with Crippen LogP contribution in [0.3, 0.4) is 0 Å². The van der Waals surface area contributed by atoms with Crippen LogP contribution < -0.4 is 16.0 Å². The molecule has 0 amide bonds. The van der Waals surface area contributed by atoms with Crippen LogP contribution in [0.1, 0.15) is 11.1 Å². The zero-order valence-electron chi connectivity index (χ0n) is 10.8. The highest BCUT2D eigenvalue weighted by Crippen LogP contribution is 2.14. The first kappa shape index (κ1) is 13.3. The third-order valence-electron chi connectivity index (χ3n) is 2.64. The van der Waals surface area contributed by atoms with Crippen molar-refractivity contribution < 1.29 is 9.47 Å². The Balaban J connectivity index is 1.88. The third kappa shape index (κ3) is 3.94. The second-order valence-corrected chi connectivity index (χ2v) is 4.04. The van der Waals surface area contributed by atoms with Crippen molar-refractivity contribution in [3.8, 4) is 5.75 Å². The van der Waals surface area contributed by atoms with E-state index in [-0.39, 0.29) is 0 Å². The number of rotatable bonds is 6. The Bertz CT molecular complexity index is 484. The maximum atomic E-state index is 5.65. The van der Waals surface area contributed by atoms with E-state index in [4.69, 9.17) is 15.3 Å². The van der Waals surface area contributed by atoms with E-state index in [1.54, 1.807) is 13.3 Å². The van der Waals surface area contributed by atoms with Crippen molar-refractivity contribution in [3.05, 3.63) is 53.7 Å². The van der Waals surface area contributed by atoms with Crippen molar-refractivity contribution in [2.45, 2.75) is 13.2 Å². The van der Waals surface area contributed by atoms with Crippen LogP contribution in [0, 0.1) is 0 Å². The molecule has 1 aromatic heterocycles. The lowest BCUT2D eigenvalue weighted by Crippen LogP contribution is -2.08. The zero-order valence-corrected chi connectivity index (χ0v) is 10.8. The minimum Gasteiger partial charge on any atom is -0.497 e. The van der Waals surface area contributed by atoms with Gasteiger partial charge in [0.25, 0.3) is 0 Å². The fraction of sp³-hybridized carbons (Fsp3) is 0.214. The van der Waals surface area contributed by atoms with Gasteiger partial charge in [0.2, 0.25) is 0 Å². The summed E-state index contributed by atoms with van der Waals surface area (Å²) in [5.41, 5.74) is 4.60. The highest BCUT2D eigenvalue weighted by molar-refractivity contribution is 5.35. The molecule has 0 fully saturated rings. The quantitative estimate of drug-likeness (QED) is 0.614. The molecule has 0 saturated carbocycles. The van der Waals surface area contributed by atoms with Gasteiger partial charge in [-0.15, -0.1) is 0 Å². The summed E-state index contributed by atoms with van der Waals surface area (Å²) in [4.78, 5) is 4.04. The second-order valence-electron chi connectivity index (χ2n) is 4.04. The molecule has 0 bridgehead atoms. The molecule has 0 spiro atoms. The van der Waals surface area contributed by atoms with Gasteiger partial charge in [-0.25, -0.2) is 10.8 Å². The van der Waals surface area contributed by atoms with E-state index in [2.05, 4.69) is 10.4 Å². The molecule has 0 unspecified atom stereocenters. The number of aromatic nitrogens is 1. The maximum Gasteiger partial charge on any atom is 0.140 e. The van der Waals surface area contributed by atoms with Gasteiger partial charge in [-0.3, -0.25) is 0 Å². The zero-order chi connectivity index (χ0) is 13.5. The van der Waals surface area contributed by atoms with Gasteiger partial charge >= 0.3 is 0 Å². The van der Waals surface area contributed by atoms with Gasteiger partial charge in [-0.2, -0.15) is 0 Å². The average molecular weight is 259 g/mol. The van der Waals surface area contributed by atoms with Gasteiger partial charge in [0.05, 0.1) is 20.3 Å². The molecule has 0 saturated heterocycles. The molecular formula is C14H17N3O2. The van der Waals surface area contributed by atoms with Crippen molar-refractivity contribution >= 4 is 5.82 Å². The number of methoxy groups -OCH3 is 1. The predicted molar refractivity (Wildman–Crippen MR) is 73.5 cm³/mol. The van der Waals surface area contributed by atoms with E-state index in [0.717, 1.165) is 16.9 Å². The molecule has 5 heteroatoms. The van der Waals surface area contributed by atoms with Crippen LogP contribution in [0.25, 0.3) is 0 Å². The van der Waals surface area contributed by atoms with Crippen LogP contribution in [-0.2, 0) is 18.0 Å². The molecular weight excluding hydrogens is 242 g/mol. The smallest absolute Gasteiger partial charge is 0.140 e. The summed E-state index contributed by atoms with van der Waals surface area (Å²) in [6.45, 7) is 1.04. The minimum atomic E-state index is 0.508. The lowest BCUT2D eigenvalue weighted by Gasteiger charge is -2.07. The molecule has 2 aromatic rings. The lowest BCUT2D eigenvalue weighted by atomic mass is 10.2. The van der Waals surface area contributed by atoms with E-state index < -0.39 is 0 Å². The van der Waals surface area contributed by atoms with Gasteiger partial charge in [0.15, 0.2) is 0 Å². The summed E-state index contributed by atoms with van der Waals surface area (Å²) in [6.07, 6.45) is 1.69. The molecule has 2 rings (SSSR count). The Hall–Kier alpha value is -2.11. The number of nitrogen functional groups attached to an aromatic ring is 1. The number of ether oxygens (including phenoxy) is 2. The Morgan fingerprint density at radius 1 is 1.16 bits per heavy atom. The first-order chi connectivity index (χ1) is 9.31. The summed E-state index contributed by atoms with van der Waals surface area (Å²) in [5, 5.41) is 0. The van der Waals surface area contributed by atoms with Crippen LogP contribution in [0.5, 0.6) is 5.75 Å². The van der Waals surface area contributed by atoms with Crippen LogP contribution in [-0.4, -0.2) is 12.1 Å². The molecule has 1 heterocycles. The Morgan fingerprint density at radius 3 is 2.68 bits per heavy atom. The largest absolute Gasteiger partial charge is 0.497 e. The Morgan fingerprint density at radius 2 is 1.95 bits per heavy atom. The lowest BCUT2D eigenvalue weighted by molar-refractivity contribution is 0.107. The van der Waals surface area contributed by atoms with Crippen molar-refractivity contribution in [2.24, 2.45) is 5.84 Å². The number of anilines is 1. The van der Waals surface area contributed by atoms with Crippen LogP contribution in [0.2, 0.25) is 0 Å². The van der Waals surface area contributed by atoms with Gasteiger partial charge in [0, 0.05) is 6.20 Å². The first-order valence-electron chi connectivity index (χ1n) is 5.94. The normalized spacial score (nSPS) is 10.2. The number of nitrogens with one attached hydrogen (secondary N) is 1. The first-order valence-corrected chi connectivity index (χ1v) is 5.94. The second kappa shape index (κ2) is 6.72. The SMILES string of the molecule is COc1cccc(COCc2ccnc(NN)c2)c1. The topological polar surface area (TPSA) is 69.4 Å². The maximum absolute atomic E-state index is 5.65. The molecule has 0 aliphatic carbocycles. The van der Waals surface area contributed by atoms with Crippen molar-refractivity contribution in [3.63, 3.8) is 0 Å². The standard InChI is InChI=1S/C14H17N3O2/c1-18-13-4-2-3-11(7-13)9-19-10-12-5-6-16-14(8-12)17-15/h2-8H,9-10,15H2,1H3,(H,16,17). The predicted octanol–water partition coefficient (Wildman–Crippen LogP) is 2.09. The van der Waals surface area contributed by atoms with Crippen LogP contribution in [0.4, 0.5) is 5.82 Å². The van der Waals surface area contributed by atoms with E-state index >= 15 is 0 Å².